The third-order valence-electron chi connectivity index (χ3n) is 5.22. The molecule has 2 atom stereocenters. The van der Waals surface area contributed by atoms with Crippen molar-refractivity contribution < 1.29 is 53.4 Å². The van der Waals surface area contributed by atoms with E-state index in [-0.39, 0.29) is 11.1 Å². The molecular formula is C23H36O11. The second kappa shape index (κ2) is 14.9. The third kappa shape index (κ3) is 7.91. The summed E-state index contributed by atoms with van der Waals surface area (Å²) >= 11 is 0. The van der Waals surface area contributed by atoms with E-state index in [2.05, 4.69) is 19.7 Å². The number of aliphatic hydroxyl groups excluding tert-OH is 3. The molecule has 0 rings (SSSR count). The number of ether oxygens (including phenoxy) is 5. The van der Waals surface area contributed by atoms with Crippen molar-refractivity contribution in [2.75, 3.05) is 53.9 Å². The lowest BCUT2D eigenvalue weighted by atomic mass is 9.81. The van der Waals surface area contributed by atoms with Crippen molar-refractivity contribution in [2.45, 2.75) is 31.8 Å². The van der Waals surface area contributed by atoms with E-state index in [0.717, 1.165) is 6.08 Å². The van der Waals surface area contributed by atoms with Crippen molar-refractivity contribution in [1.82, 2.24) is 0 Å². The highest BCUT2D eigenvalue weighted by Crippen LogP contribution is 2.37. The molecule has 0 aliphatic carbocycles. The van der Waals surface area contributed by atoms with Gasteiger partial charge in [-0.05, 0) is 25.0 Å². The van der Waals surface area contributed by atoms with Crippen LogP contribution in [0.15, 0.2) is 37.0 Å². The van der Waals surface area contributed by atoms with Gasteiger partial charge in [-0.25, -0.2) is 4.79 Å². The Morgan fingerprint density at radius 3 is 1.50 bits per heavy atom. The average molecular weight is 489 g/mol. The molecule has 11 heteroatoms. The Balaban J connectivity index is 6.44. The number of carbonyl (C=O) groups excluding carboxylic acids is 3. The summed E-state index contributed by atoms with van der Waals surface area (Å²) in [7, 11) is 2.50. The molecule has 3 N–H and O–H groups in total. The first-order valence-corrected chi connectivity index (χ1v) is 10.3. The van der Waals surface area contributed by atoms with Crippen LogP contribution in [-0.2, 0) is 38.1 Å². The standard InChI is InChI=1S/C23H36O11/c1-8-19(27)32-14-23(22(11-24,12-25)13-26,33-9-17(30-6)20(28)15(2)3)34-10-18(31-7)21(29)16(4)5/h8,17-18,24-26H,1-2,4,9-14H2,3,5-7H3. The molecule has 0 heterocycles. The van der Waals surface area contributed by atoms with Crippen LogP contribution in [0.1, 0.15) is 13.8 Å². The molecule has 0 bridgehead atoms. The first kappa shape index (κ1) is 31.8. The molecule has 0 aromatic carbocycles. The number of methoxy groups -OCH3 is 2. The predicted octanol–water partition coefficient (Wildman–Crippen LogP) is -0.271. The molecule has 0 saturated carbocycles. The number of ketones is 2. The van der Waals surface area contributed by atoms with E-state index in [1.165, 1.54) is 28.1 Å². The summed E-state index contributed by atoms with van der Waals surface area (Å²) in [5, 5.41) is 30.3. The maximum Gasteiger partial charge on any atom is 0.330 e. The highest BCUT2D eigenvalue weighted by atomic mass is 16.7. The summed E-state index contributed by atoms with van der Waals surface area (Å²) in [6.07, 6.45) is -1.51. The molecule has 0 aromatic heterocycles. The van der Waals surface area contributed by atoms with Gasteiger partial charge in [0.05, 0.1) is 38.4 Å². The maximum absolute atomic E-state index is 12.4. The number of hydrogen-bond acceptors (Lipinski definition) is 11. The molecule has 0 aliphatic rings. The van der Waals surface area contributed by atoms with Crippen LogP contribution in [0.5, 0.6) is 0 Å². The van der Waals surface area contributed by atoms with Gasteiger partial charge in [0.1, 0.15) is 18.8 Å². The molecule has 0 fully saturated rings. The smallest absolute Gasteiger partial charge is 0.330 e. The molecule has 2 unspecified atom stereocenters. The minimum atomic E-state index is -2.26. The van der Waals surface area contributed by atoms with Crippen LogP contribution >= 0.6 is 0 Å². The Labute approximate surface area is 199 Å². The van der Waals surface area contributed by atoms with E-state index in [4.69, 9.17) is 23.7 Å². The summed E-state index contributed by atoms with van der Waals surface area (Å²) in [4.78, 5) is 36.6. The van der Waals surface area contributed by atoms with Crippen molar-refractivity contribution in [3.8, 4) is 0 Å². The summed E-state index contributed by atoms with van der Waals surface area (Å²) < 4.78 is 27.1. The summed E-state index contributed by atoms with van der Waals surface area (Å²) in [6, 6.07) is 0. The van der Waals surface area contributed by atoms with Crippen LogP contribution in [-0.4, -0.2) is 105 Å². The first-order chi connectivity index (χ1) is 15.9. The van der Waals surface area contributed by atoms with Crippen LogP contribution < -0.4 is 0 Å². The van der Waals surface area contributed by atoms with Gasteiger partial charge in [-0.1, -0.05) is 19.7 Å². The van der Waals surface area contributed by atoms with Gasteiger partial charge in [0.25, 0.3) is 0 Å². The largest absolute Gasteiger partial charge is 0.457 e. The zero-order valence-electron chi connectivity index (χ0n) is 20.2. The quantitative estimate of drug-likeness (QED) is 0.125. The van der Waals surface area contributed by atoms with Gasteiger partial charge < -0.3 is 39.0 Å². The van der Waals surface area contributed by atoms with Gasteiger partial charge in [0.15, 0.2) is 11.6 Å². The zero-order chi connectivity index (χ0) is 26.5. The van der Waals surface area contributed by atoms with E-state index in [9.17, 15) is 29.7 Å². The van der Waals surface area contributed by atoms with E-state index in [1.807, 2.05) is 0 Å². The van der Waals surface area contributed by atoms with E-state index in [0.29, 0.717) is 0 Å². The Hall–Kier alpha value is -2.25. The SMILES string of the molecule is C=CC(=O)OCC(OCC(OC)C(=O)C(=C)C)(OCC(OC)C(=O)C(=C)C)C(CO)(CO)CO. The lowest BCUT2D eigenvalue weighted by Crippen LogP contribution is -2.63. The van der Waals surface area contributed by atoms with Gasteiger partial charge in [0, 0.05) is 20.3 Å². The molecule has 0 radical (unpaired) electrons. The van der Waals surface area contributed by atoms with E-state index >= 15 is 0 Å². The Bertz CT molecular complexity index is 693. The van der Waals surface area contributed by atoms with Crippen LogP contribution in [0.3, 0.4) is 0 Å². The van der Waals surface area contributed by atoms with Crippen molar-refractivity contribution >= 4 is 17.5 Å². The van der Waals surface area contributed by atoms with Crippen LogP contribution in [0.2, 0.25) is 0 Å². The number of Topliss-reactive ketones (excluding diaryl/α,β-unsaturated/α-hetero) is 2. The van der Waals surface area contributed by atoms with Crippen molar-refractivity contribution in [3.05, 3.63) is 37.0 Å². The monoisotopic (exact) mass is 488 g/mol. The fourth-order valence-corrected chi connectivity index (χ4v) is 2.79. The lowest BCUT2D eigenvalue weighted by molar-refractivity contribution is -0.341. The fraction of sp³-hybridized carbons (Fsp3) is 0.609. The summed E-state index contributed by atoms with van der Waals surface area (Å²) in [6.45, 7) is 8.86. The molecule has 0 spiro atoms. The van der Waals surface area contributed by atoms with Crippen LogP contribution in [0, 0.1) is 5.41 Å². The third-order valence-corrected chi connectivity index (χ3v) is 5.22. The van der Waals surface area contributed by atoms with Gasteiger partial charge in [-0.3, -0.25) is 9.59 Å². The summed E-state index contributed by atoms with van der Waals surface area (Å²) in [5.41, 5.74) is -1.63. The Kier molecular flexibility index (Phi) is 13.9. The van der Waals surface area contributed by atoms with Crippen LogP contribution in [0.4, 0.5) is 0 Å². The average Bonchev–Trinajstić information content (AvgIpc) is 2.83. The van der Waals surface area contributed by atoms with Gasteiger partial charge >= 0.3 is 5.97 Å². The Morgan fingerprint density at radius 1 is 0.853 bits per heavy atom. The van der Waals surface area contributed by atoms with E-state index in [1.54, 1.807) is 0 Å². The van der Waals surface area contributed by atoms with E-state index < -0.39 is 80.6 Å². The van der Waals surface area contributed by atoms with Gasteiger partial charge in [0.2, 0.25) is 5.79 Å². The topological polar surface area (TPSA) is 158 Å². The molecule has 194 valence electrons. The molecule has 0 aliphatic heterocycles. The number of aliphatic hydroxyl groups is 3. The molecular weight excluding hydrogens is 452 g/mol. The molecule has 0 aromatic rings. The van der Waals surface area contributed by atoms with Gasteiger partial charge in [-0.15, -0.1) is 0 Å². The second-order valence-corrected chi connectivity index (χ2v) is 7.68. The van der Waals surface area contributed by atoms with Crippen molar-refractivity contribution in [2.24, 2.45) is 5.41 Å². The first-order valence-electron chi connectivity index (χ1n) is 10.3. The minimum Gasteiger partial charge on any atom is -0.457 e. The van der Waals surface area contributed by atoms with Crippen molar-refractivity contribution in [3.63, 3.8) is 0 Å². The van der Waals surface area contributed by atoms with Crippen molar-refractivity contribution in [1.29, 1.82) is 0 Å². The summed E-state index contributed by atoms with van der Waals surface area (Å²) in [5.74, 6) is -4.17. The molecule has 0 saturated heterocycles. The highest BCUT2D eigenvalue weighted by Gasteiger charge is 2.55. The molecule has 34 heavy (non-hydrogen) atoms. The molecule has 11 nitrogen and oxygen atoms in total. The normalized spacial score (nSPS) is 15.0. The number of hydrogen-bond donors (Lipinski definition) is 3. The number of rotatable bonds is 19. The second-order valence-electron chi connectivity index (χ2n) is 7.68. The lowest BCUT2D eigenvalue weighted by Gasteiger charge is -2.46. The maximum atomic E-state index is 12.4. The Morgan fingerprint density at radius 2 is 1.24 bits per heavy atom. The van der Waals surface area contributed by atoms with Crippen LogP contribution in [0.25, 0.3) is 0 Å². The molecule has 0 amide bonds. The zero-order valence-corrected chi connectivity index (χ0v) is 20.2. The van der Waals surface area contributed by atoms with Gasteiger partial charge in [-0.2, -0.15) is 0 Å². The fourth-order valence-electron chi connectivity index (χ4n) is 2.79. The number of esters is 1. The minimum absolute atomic E-state index is 0.171. The number of carbonyl (C=O) groups is 3. The predicted molar refractivity (Wildman–Crippen MR) is 121 cm³/mol. The highest BCUT2D eigenvalue weighted by molar-refractivity contribution is 5.98.